The normalized spacial score (nSPS) is 10.7. The Kier molecular flexibility index (Phi) is 9.56. The highest BCUT2D eigenvalue weighted by molar-refractivity contribution is 7.45. The van der Waals surface area contributed by atoms with E-state index in [0.29, 0.717) is 0 Å². The highest BCUT2D eigenvalue weighted by Gasteiger charge is 2.00. The van der Waals surface area contributed by atoms with Gasteiger partial charge in [-0.15, -0.1) is 0 Å². The van der Waals surface area contributed by atoms with Crippen molar-refractivity contribution in [2.24, 2.45) is 0 Å². The zero-order valence-electron chi connectivity index (χ0n) is 4.89. The molecule has 6 N–H and O–H groups in total. The smallest absolute Gasteiger partial charge is 0.303 e. The fourth-order valence-electron chi connectivity index (χ4n) is 0. The van der Waals surface area contributed by atoms with Crippen LogP contribution in [0.2, 0.25) is 0 Å². The summed E-state index contributed by atoms with van der Waals surface area (Å²) in [6, 6.07) is 0. The maximum Gasteiger partial charge on any atom is 0.466 e. The number of hydrogen-bond acceptors (Lipinski definition) is 2. The predicted octanol–water partition coefficient (Wildman–Crippen LogP) is -2.24. The third kappa shape index (κ3) is 3890. The van der Waals surface area contributed by atoms with Crippen molar-refractivity contribution in [1.82, 2.24) is 0 Å². The van der Waals surface area contributed by atoms with E-state index in [1.807, 2.05) is 0 Å². The van der Waals surface area contributed by atoms with Crippen LogP contribution in [0.5, 0.6) is 0 Å². The minimum Gasteiger partial charge on any atom is -0.303 e. The molecule has 0 aliphatic rings. The first-order valence-electron chi connectivity index (χ1n) is 1.57. The molecule has 0 aromatic heterocycles. The summed E-state index contributed by atoms with van der Waals surface area (Å²) in [4.78, 5) is 43.1. The van der Waals surface area contributed by atoms with Gasteiger partial charge in [0.15, 0.2) is 0 Å². The van der Waals surface area contributed by atoms with E-state index in [1.165, 1.54) is 0 Å². The summed E-state index contributed by atoms with van der Waals surface area (Å²) in [5.74, 6) is 0. The summed E-state index contributed by atoms with van der Waals surface area (Å²) in [6.45, 7) is 0. The summed E-state index contributed by atoms with van der Waals surface area (Å²) in [7, 11) is -9.28. The van der Waals surface area contributed by atoms with E-state index in [2.05, 4.69) is 0 Å². The van der Waals surface area contributed by atoms with Gasteiger partial charge in [0.05, 0.1) is 0 Å². The second kappa shape index (κ2) is 6.01. The van der Waals surface area contributed by atoms with Crippen LogP contribution < -0.4 is 0 Å². The third-order valence-corrected chi connectivity index (χ3v) is 0. The summed E-state index contributed by atoms with van der Waals surface area (Å²) < 4.78 is 17.8. The Morgan fingerprint density at radius 2 is 0.636 bits per heavy atom. The molecule has 0 unspecified atom stereocenters. The van der Waals surface area contributed by atoms with Crippen LogP contribution in [0.4, 0.5) is 0 Å². The summed E-state index contributed by atoms with van der Waals surface area (Å²) >= 11 is 0. The second-order valence-corrected chi connectivity index (χ2v) is 3.08. The van der Waals surface area contributed by atoms with Crippen molar-refractivity contribution in [1.29, 1.82) is 0 Å². The van der Waals surface area contributed by atoms with E-state index < -0.39 is 15.6 Å². The van der Waals surface area contributed by atoms with Crippen molar-refractivity contribution in [2.75, 3.05) is 0 Å². The average Bonchev–Trinajstić information content (AvgIpc) is 1.12. The Morgan fingerprint density at radius 1 is 0.636 bits per heavy atom. The molecule has 8 nitrogen and oxygen atoms in total. The molecule has 0 aromatic rings. The summed E-state index contributed by atoms with van der Waals surface area (Å²) in [6.07, 6.45) is 0. The first-order valence-corrected chi connectivity index (χ1v) is 4.70. The first kappa shape index (κ1) is 17.5. The van der Waals surface area contributed by atoms with Gasteiger partial charge in [0.25, 0.3) is 0 Å². The largest absolute Gasteiger partial charge is 0.466 e. The van der Waals surface area contributed by atoms with Gasteiger partial charge < -0.3 is 29.4 Å². The average molecular weight is 224 g/mol. The molecule has 0 aliphatic heterocycles. The molecular weight excluding hydrogens is 218 g/mol. The second-order valence-electron chi connectivity index (χ2n) is 1.03. The van der Waals surface area contributed by atoms with Gasteiger partial charge in [-0.1, -0.05) is 0 Å². The maximum atomic E-state index is 8.88. The SMILES string of the molecule is O=P(O)(O)O.O=P(O)(O)O.[Si]. The topological polar surface area (TPSA) is 156 Å². The van der Waals surface area contributed by atoms with Gasteiger partial charge in [-0.3, -0.25) is 0 Å². The maximum absolute atomic E-state index is 8.88. The van der Waals surface area contributed by atoms with Gasteiger partial charge in [0, 0.05) is 11.0 Å². The lowest BCUT2D eigenvalue weighted by Crippen LogP contribution is -1.66. The highest BCUT2D eigenvalue weighted by atomic mass is 31.2. The highest BCUT2D eigenvalue weighted by Crippen LogP contribution is 2.26. The van der Waals surface area contributed by atoms with E-state index in [9.17, 15) is 0 Å². The lowest BCUT2D eigenvalue weighted by molar-refractivity contribution is 0.272. The Balaban J connectivity index is -0.000000107. The molecule has 0 saturated carbocycles. The van der Waals surface area contributed by atoms with Gasteiger partial charge in [-0.05, 0) is 0 Å². The molecule has 0 aliphatic carbocycles. The molecule has 0 bridgehead atoms. The van der Waals surface area contributed by atoms with E-state index in [4.69, 9.17) is 38.5 Å². The molecule has 68 valence electrons. The Hall–Kier alpha value is 0.437. The molecule has 0 fully saturated rings. The van der Waals surface area contributed by atoms with Crippen LogP contribution in [0.3, 0.4) is 0 Å². The number of phosphoric acid groups is 2. The Morgan fingerprint density at radius 3 is 0.636 bits per heavy atom. The van der Waals surface area contributed by atoms with E-state index >= 15 is 0 Å². The molecule has 0 rings (SSSR count). The number of rotatable bonds is 0. The van der Waals surface area contributed by atoms with Gasteiger partial charge in [-0.2, -0.15) is 0 Å². The standard InChI is InChI=1S/2H3O4P.Si/c2*1-5(2,3)4;/h2*(H3,1,2,3,4);. The third-order valence-electron chi connectivity index (χ3n) is 0. The van der Waals surface area contributed by atoms with Crippen molar-refractivity contribution in [3.8, 4) is 0 Å². The molecule has 0 spiro atoms. The van der Waals surface area contributed by atoms with E-state index in [0.717, 1.165) is 0 Å². The van der Waals surface area contributed by atoms with Gasteiger partial charge in [0.2, 0.25) is 0 Å². The minimum atomic E-state index is -4.64. The molecule has 0 aromatic carbocycles. The van der Waals surface area contributed by atoms with E-state index in [-0.39, 0.29) is 11.0 Å². The molecule has 0 heterocycles. The fourth-order valence-corrected chi connectivity index (χ4v) is 0. The van der Waals surface area contributed by atoms with Crippen LogP contribution >= 0.6 is 15.6 Å². The van der Waals surface area contributed by atoms with Gasteiger partial charge in [0.1, 0.15) is 0 Å². The monoisotopic (exact) mass is 224 g/mol. The lowest BCUT2D eigenvalue weighted by atomic mass is 15.8. The van der Waals surface area contributed by atoms with Crippen LogP contribution in [0.15, 0.2) is 0 Å². The van der Waals surface area contributed by atoms with Crippen LogP contribution in [0.25, 0.3) is 0 Å². The van der Waals surface area contributed by atoms with Crippen molar-refractivity contribution in [3.05, 3.63) is 0 Å². The quantitative estimate of drug-likeness (QED) is 0.199. The molecule has 11 heteroatoms. The Bertz CT molecular complexity index is 124. The van der Waals surface area contributed by atoms with Crippen LogP contribution in [0, 0.1) is 0 Å². The van der Waals surface area contributed by atoms with Gasteiger partial charge >= 0.3 is 15.6 Å². The minimum absolute atomic E-state index is 0. The first-order chi connectivity index (χ1) is 4.00. The fraction of sp³-hybridized carbons (Fsp3) is 0. The molecule has 0 atom stereocenters. The zero-order valence-corrected chi connectivity index (χ0v) is 7.68. The van der Waals surface area contributed by atoms with Crippen molar-refractivity contribution < 1.29 is 38.5 Å². The number of hydrogen-bond donors (Lipinski definition) is 6. The zero-order chi connectivity index (χ0) is 9.00. The molecule has 11 heavy (non-hydrogen) atoms. The molecular formula is H6O8P2Si. The molecule has 0 amide bonds. The van der Waals surface area contributed by atoms with Crippen molar-refractivity contribution in [2.45, 2.75) is 0 Å². The van der Waals surface area contributed by atoms with Crippen LogP contribution in [0.1, 0.15) is 0 Å². The van der Waals surface area contributed by atoms with Crippen LogP contribution in [-0.2, 0) is 9.13 Å². The van der Waals surface area contributed by atoms with Crippen molar-refractivity contribution >= 4 is 26.6 Å². The summed E-state index contributed by atoms with van der Waals surface area (Å²) in [5, 5.41) is 0. The molecule has 0 saturated heterocycles. The van der Waals surface area contributed by atoms with E-state index in [1.54, 1.807) is 0 Å². The predicted molar refractivity (Wildman–Crippen MR) is 34.3 cm³/mol. The van der Waals surface area contributed by atoms with Crippen LogP contribution in [-0.4, -0.2) is 40.3 Å². The summed E-state index contributed by atoms with van der Waals surface area (Å²) in [5.41, 5.74) is 0. The molecule has 4 radical (unpaired) electrons. The lowest BCUT2D eigenvalue weighted by Gasteiger charge is -1.82. The van der Waals surface area contributed by atoms with Gasteiger partial charge in [-0.25, -0.2) is 9.13 Å². The van der Waals surface area contributed by atoms with Crippen molar-refractivity contribution in [3.63, 3.8) is 0 Å². The Labute approximate surface area is 66.0 Å².